The van der Waals surface area contributed by atoms with Crippen molar-refractivity contribution in [3.8, 4) is 0 Å². The largest absolute Gasteiger partial charge is 0.388 e. The third kappa shape index (κ3) is 2.89. The van der Waals surface area contributed by atoms with Gasteiger partial charge in [-0.3, -0.25) is 0 Å². The second-order valence-electron chi connectivity index (χ2n) is 5.76. The van der Waals surface area contributed by atoms with Gasteiger partial charge < -0.3 is 15.7 Å². The Labute approximate surface area is 113 Å². The summed E-state index contributed by atoms with van der Waals surface area (Å²) in [5, 5.41) is 15.6. The van der Waals surface area contributed by atoms with Crippen LogP contribution in [0.5, 0.6) is 0 Å². The molecule has 0 heterocycles. The second-order valence-corrected chi connectivity index (χ2v) is 5.76. The highest BCUT2D eigenvalue weighted by atomic mass is 16.3. The molecule has 0 radical (unpaired) electrons. The highest BCUT2D eigenvalue weighted by Gasteiger charge is 2.40. The van der Waals surface area contributed by atoms with Crippen molar-refractivity contribution in [1.82, 2.24) is 10.6 Å². The van der Waals surface area contributed by atoms with Gasteiger partial charge in [0, 0.05) is 18.5 Å². The minimum atomic E-state index is -0.653. The first-order valence-corrected chi connectivity index (χ1v) is 6.98. The summed E-state index contributed by atoms with van der Waals surface area (Å²) in [5.41, 5.74) is 0.630. The highest BCUT2D eigenvalue weighted by molar-refractivity contribution is 5.75. The number of urea groups is 1. The van der Waals surface area contributed by atoms with Gasteiger partial charge in [-0.15, -0.1) is 0 Å². The Morgan fingerprint density at radius 3 is 2.68 bits per heavy atom. The summed E-state index contributed by atoms with van der Waals surface area (Å²) in [4.78, 5) is 11.7. The van der Waals surface area contributed by atoms with Crippen LogP contribution in [0.1, 0.15) is 37.2 Å². The molecule has 4 nitrogen and oxygen atoms in total. The smallest absolute Gasteiger partial charge is 0.315 e. The molecule has 2 atom stereocenters. The van der Waals surface area contributed by atoms with Crippen LogP contribution in [-0.2, 0) is 0 Å². The molecule has 2 amide bonds. The second kappa shape index (κ2) is 4.85. The summed E-state index contributed by atoms with van der Waals surface area (Å²) in [6, 6.07) is 10.3. The van der Waals surface area contributed by atoms with Crippen LogP contribution in [0.15, 0.2) is 30.3 Å². The van der Waals surface area contributed by atoms with Crippen LogP contribution in [0, 0.1) is 0 Å². The van der Waals surface area contributed by atoms with E-state index in [4.69, 9.17) is 0 Å². The molecule has 1 aromatic carbocycles. The first kappa shape index (κ1) is 12.5. The van der Waals surface area contributed by atoms with E-state index in [1.54, 1.807) is 0 Å². The van der Waals surface area contributed by atoms with E-state index in [1.807, 2.05) is 18.2 Å². The van der Waals surface area contributed by atoms with Crippen LogP contribution in [0.2, 0.25) is 0 Å². The zero-order valence-electron chi connectivity index (χ0n) is 10.9. The van der Waals surface area contributed by atoms with E-state index in [2.05, 4.69) is 22.8 Å². The van der Waals surface area contributed by atoms with Gasteiger partial charge in [0.1, 0.15) is 0 Å². The van der Waals surface area contributed by atoms with Gasteiger partial charge in [0.25, 0.3) is 0 Å². The number of aliphatic hydroxyl groups is 1. The maximum absolute atomic E-state index is 11.7. The lowest BCUT2D eigenvalue weighted by Crippen LogP contribution is -2.50. The summed E-state index contributed by atoms with van der Waals surface area (Å²) in [5.74, 6) is 0.443. The molecule has 1 aromatic rings. The predicted molar refractivity (Wildman–Crippen MR) is 72.9 cm³/mol. The molecule has 3 rings (SSSR count). The van der Waals surface area contributed by atoms with E-state index >= 15 is 0 Å². The molecule has 2 saturated carbocycles. The maximum Gasteiger partial charge on any atom is 0.315 e. The van der Waals surface area contributed by atoms with Crippen molar-refractivity contribution in [2.45, 2.75) is 43.2 Å². The normalized spacial score (nSPS) is 27.2. The van der Waals surface area contributed by atoms with E-state index in [1.165, 1.54) is 5.56 Å². The quantitative estimate of drug-likeness (QED) is 0.772. The lowest BCUT2D eigenvalue weighted by atomic mass is 9.80. The van der Waals surface area contributed by atoms with Crippen LogP contribution in [0.25, 0.3) is 0 Å². The van der Waals surface area contributed by atoms with Gasteiger partial charge in [-0.05, 0) is 31.2 Å². The van der Waals surface area contributed by atoms with E-state index in [9.17, 15) is 9.90 Å². The lowest BCUT2D eigenvalue weighted by molar-refractivity contribution is -0.0290. The summed E-state index contributed by atoms with van der Waals surface area (Å²) in [6.45, 7) is 0.363. The van der Waals surface area contributed by atoms with Crippen LogP contribution in [-0.4, -0.2) is 29.3 Å². The molecule has 0 aromatic heterocycles. The molecule has 0 bridgehead atoms. The van der Waals surface area contributed by atoms with Gasteiger partial charge in [0.2, 0.25) is 0 Å². The first-order chi connectivity index (χ1) is 9.16. The van der Waals surface area contributed by atoms with Gasteiger partial charge in [0.05, 0.1) is 5.60 Å². The van der Waals surface area contributed by atoms with Crippen LogP contribution < -0.4 is 10.6 Å². The molecular weight excluding hydrogens is 240 g/mol. The van der Waals surface area contributed by atoms with Gasteiger partial charge >= 0.3 is 6.03 Å². The number of benzene rings is 1. The third-order valence-electron chi connectivity index (χ3n) is 4.20. The molecule has 2 unspecified atom stereocenters. The average molecular weight is 260 g/mol. The van der Waals surface area contributed by atoms with Gasteiger partial charge in [-0.25, -0.2) is 4.79 Å². The van der Waals surface area contributed by atoms with Gasteiger partial charge in [-0.2, -0.15) is 0 Å². The number of amides is 2. The Bertz CT molecular complexity index is 456. The SMILES string of the molecule is O=C(NCC1(O)CCC1)NC1CC1c1ccccc1. The summed E-state index contributed by atoms with van der Waals surface area (Å²) < 4.78 is 0. The maximum atomic E-state index is 11.7. The monoisotopic (exact) mass is 260 g/mol. The first-order valence-electron chi connectivity index (χ1n) is 6.98. The predicted octanol–water partition coefficient (Wildman–Crippen LogP) is 1.76. The lowest BCUT2D eigenvalue weighted by Gasteiger charge is -2.36. The fourth-order valence-corrected chi connectivity index (χ4v) is 2.65. The van der Waals surface area contributed by atoms with Crippen LogP contribution in [0.4, 0.5) is 4.79 Å². The third-order valence-corrected chi connectivity index (χ3v) is 4.20. The number of hydrogen-bond acceptors (Lipinski definition) is 2. The minimum absolute atomic E-state index is 0.163. The van der Waals surface area contributed by atoms with Crippen LogP contribution in [0.3, 0.4) is 0 Å². The molecule has 102 valence electrons. The van der Waals surface area contributed by atoms with E-state index in [-0.39, 0.29) is 12.1 Å². The molecule has 3 N–H and O–H groups in total. The Morgan fingerprint density at radius 1 is 1.32 bits per heavy atom. The molecule has 2 aliphatic rings. The topological polar surface area (TPSA) is 61.4 Å². The van der Waals surface area contributed by atoms with Gasteiger partial charge in [0.15, 0.2) is 0 Å². The molecule has 0 saturated heterocycles. The van der Waals surface area contributed by atoms with Crippen molar-refractivity contribution in [1.29, 1.82) is 0 Å². The highest BCUT2D eigenvalue weighted by Crippen LogP contribution is 2.40. The Morgan fingerprint density at radius 2 is 2.05 bits per heavy atom. The number of nitrogens with one attached hydrogen (secondary N) is 2. The standard InChI is InChI=1S/C15H20N2O2/c18-14(16-10-15(19)7-4-8-15)17-13-9-12(13)11-5-2-1-3-6-11/h1-3,5-6,12-13,19H,4,7-10H2,(H2,16,17,18). The van der Waals surface area contributed by atoms with E-state index < -0.39 is 5.60 Å². The van der Waals surface area contributed by atoms with E-state index in [0.29, 0.717) is 12.5 Å². The fraction of sp³-hybridized carbons (Fsp3) is 0.533. The van der Waals surface area contributed by atoms with Crippen molar-refractivity contribution < 1.29 is 9.90 Å². The Balaban J connectivity index is 1.42. The molecular formula is C15H20N2O2. The molecule has 2 fully saturated rings. The van der Waals surface area contributed by atoms with Gasteiger partial charge in [-0.1, -0.05) is 30.3 Å². The zero-order valence-corrected chi connectivity index (χ0v) is 10.9. The number of hydrogen-bond donors (Lipinski definition) is 3. The Hall–Kier alpha value is -1.55. The number of carbonyl (C=O) groups excluding carboxylic acids is 1. The number of rotatable bonds is 4. The fourth-order valence-electron chi connectivity index (χ4n) is 2.65. The van der Waals surface area contributed by atoms with Crippen LogP contribution >= 0.6 is 0 Å². The summed E-state index contributed by atoms with van der Waals surface area (Å²) in [7, 11) is 0. The molecule has 4 heteroatoms. The van der Waals surface area contributed by atoms with Crippen molar-refractivity contribution in [3.05, 3.63) is 35.9 Å². The zero-order chi connectivity index (χ0) is 13.3. The average Bonchev–Trinajstić information content (AvgIpc) is 3.14. The molecule has 19 heavy (non-hydrogen) atoms. The minimum Gasteiger partial charge on any atom is -0.388 e. The van der Waals surface area contributed by atoms with Crippen molar-refractivity contribution >= 4 is 6.03 Å². The molecule has 2 aliphatic carbocycles. The molecule has 0 spiro atoms. The Kier molecular flexibility index (Phi) is 3.19. The van der Waals surface area contributed by atoms with Crippen molar-refractivity contribution in [2.75, 3.05) is 6.54 Å². The van der Waals surface area contributed by atoms with Crippen molar-refractivity contribution in [3.63, 3.8) is 0 Å². The summed E-state index contributed by atoms with van der Waals surface area (Å²) >= 11 is 0. The van der Waals surface area contributed by atoms with E-state index in [0.717, 1.165) is 25.7 Å². The number of carbonyl (C=O) groups is 1. The molecule has 0 aliphatic heterocycles. The van der Waals surface area contributed by atoms with Crippen molar-refractivity contribution in [2.24, 2.45) is 0 Å². The summed E-state index contributed by atoms with van der Waals surface area (Å²) in [6.07, 6.45) is 3.65.